The van der Waals surface area contributed by atoms with Crippen LogP contribution in [0.4, 0.5) is 4.39 Å². The molecular weight excluding hydrogens is 229 g/mol. The van der Waals surface area contributed by atoms with Crippen molar-refractivity contribution < 1.29 is 9.18 Å². The van der Waals surface area contributed by atoms with Gasteiger partial charge in [0.2, 0.25) is 0 Å². The summed E-state index contributed by atoms with van der Waals surface area (Å²) in [7, 11) is 0. The molecular formula is C12H7ClFNO. The zero-order valence-corrected chi connectivity index (χ0v) is 8.91. The maximum atomic E-state index is 12.7. The molecule has 0 bridgehead atoms. The van der Waals surface area contributed by atoms with E-state index in [1.165, 1.54) is 24.4 Å². The quantitative estimate of drug-likeness (QED) is 0.747. The summed E-state index contributed by atoms with van der Waals surface area (Å²) >= 11 is 6.00. The van der Waals surface area contributed by atoms with Gasteiger partial charge < -0.3 is 0 Å². The number of hydrogen-bond donors (Lipinski definition) is 0. The molecule has 2 rings (SSSR count). The molecule has 80 valence electrons. The van der Waals surface area contributed by atoms with Crippen molar-refractivity contribution in [1.82, 2.24) is 4.98 Å². The fourth-order valence-electron chi connectivity index (χ4n) is 1.36. The van der Waals surface area contributed by atoms with E-state index >= 15 is 0 Å². The Morgan fingerprint density at radius 3 is 2.50 bits per heavy atom. The van der Waals surface area contributed by atoms with Crippen LogP contribution in [0.25, 0.3) is 11.3 Å². The first-order chi connectivity index (χ1) is 7.72. The second kappa shape index (κ2) is 4.41. The molecule has 0 radical (unpaired) electrons. The van der Waals surface area contributed by atoms with Crippen LogP contribution < -0.4 is 0 Å². The predicted molar refractivity (Wildman–Crippen MR) is 60.0 cm³/mol. The van der Waals surface area contributed by atoms with Crippen LogP contribution in [-0.4, -0.2) is 11.3 Å². The van der Waals surface area contributed by atoms with Gasteiger partial charge in [0.15, 0.2) is 6.29 Å². The zero-order chi connectivity index (χ0) is 11.5. The van der Waals surface area contributed by atoms with E-state index < -0.39 is 0 Å². The van der Waals surface area contributed by atoms with Crippen LogP contribution in [0.15, 0.2) is 36.5 Å². The van der Waals surface area contributed by atoms with E-state index in [1.54, 1.807) is 12.1 Å². The van der Waals surface area contributed by atoms with Gasteiger partial charge in [0.05, 0.1) is 10.7 Å². The number of halogens is 2. The van der Waals surface area contributed by atoms with E-state index in [0.29, 0.717) is 23.1 Å². The highest BCUT2D eigenvalue weighted by molar-refractivity contribution is 6.35. The van der Waals surface area contributed by atoms with E-state index in [9.17, 15) is 9.18 Å². The SMILES string of the molecule is O=Cc1ccnc(-c2ccc(F)cc2)c1Cl. The van der Waals surface area contributed by atoms with Gasteiger partial charge in [0.25, 0.3) is 0 Å². The number of aromatic nitrogens is 1. The van der Waals surface area contributed by atoms with Crippen LogP contribution in [0.5, 0.6) is 0 Å². The summed E-state index contributed by atoms with van der Waals surface area (Å²) in [5.41, 5.74) is 1.53. The first kappa shape index (κ1) is 10.8. The number of hydrogen-bond acceptors (Lipinski definition) is 2. The highest BCUT2D eigenvalue weighted by atomic mass is 35.5. The van der Waals surface area contributed by atoms with Gasteiger partial charge in [0, 0.05) is 17.3 Å². The molecule has 0 saturated carbocycles. The average molecular weight is 236 g/mol. The molecule has 0 spiro atoms. The molecule has 0 N–H and O–H groups in total. The van der Waals surface area contributed by atoms with E-state index in [0.717, 1.165) is 0 Å². The lowest BCUT2D eigenvalue weighted by molar-refractivity contribution is 0.112. The van der Waals surface area contributed by atoms with Crippen molar-refractivity contribution in [3.63, 3.8) is 0 Å². The van der Waals surface area contributed by atoms with E-state index in [2.05, 4.69) is 4.98 Å². The average Bonchev–Trinajstić information content (AvgIpc) is 2.31. The largest absolute Gasteiger partial charge is 0.298 e. The first-order valence-corrected chi connectivity index (χ1v) is 4.96. The Morgan fingerprint density at radius 2 is 1.88 bits per heavy atom. The molecule has 16 heavy (non-hydrogen) atoms. The van der Waals surface area contributed by atoms with Crippen molar-refractivity contribution in [3.8, 4) is 11.3 Å². The summed E-state index contributed by atoms with van der Waals surface area (Å²) in [5, 5.41) is 0.282. The minimum Gasteiger partial charge on any atom is -0.298 e. The van der Waals surface area contributed by atoms with Gasteiger partial charge in [-0.15, -0.1) is 0 Å². The first-order valence-electron chi connectivity index (χ1n) is 4.58. The minimum atomic E-state index is -0.327. The van der Waals surface area contributed by atoms with E-state index in [4.69, 9.17) is 11.6 Å². The Hall–Kier alpha value is -1.74. The topological polar surface area (TPSA) is 30.0 Å². The number of carbonyl (C=O) groups is 1. The molecule has 1 aromatic heterocycles. The summed E-state index contributed by atoms with van der Waals surface area (Å²) in [4.78, 5) is 14.8. The molecule has 1 aromatic carbocycles. The number of carbonyl (C=O) groups excluding carboxylic acids is 1. The third-order valence-electron chi connectivity index (χ3n) is 2.16. The molecule has 0 amide bonds. The van der Waals surface area contributed by atoms with Crippen LogP contribution in [0, 0.1) is 5.82 Å². The van der Waals surface area contributed by atoms with Gasteiger partial charge in [-0.25, -0.2) is 4.39 Å². The van der Waals surface area contributed by atoms with Gasteiger partial charge >= 0.3 is 0 Å². The van der Waals surface area contributed by atoms with Crippen molar-refractivity contribution in [3.05, 3.63) is 52.9 Å². The van der Waals surface area contributed by atoms with Gasteiger partial charge in [-0.1, -0.05) is 11.6 Å². The molecule has 0 fully saturated rings. The monoisotopic (exact) mass is 235 g/mol. The number of pyridine rings is 1. The van der Waals surface area contributed by atoms with Crippen LogP contribution in [0.3, 0.4) is 0 Å². The van der Waals surface area contributed by atoms with Gasteiger partial charge in [0.1, 0.15) is 5.82 Å². The highest BCUT2D eigenvalue weighted by Crippen LogP contribution is 2.27. The number of benzene rings is 1. The lowest BCUT2D eigenvalue weighted by Gasteiger charge is -2.04. The fourth-order valence-corrected chi connectivity index (χ4v) is 1.62. The third kappa shape index (κ3) is 1.95. The number of aldehydes is 1. The third-order valence-corrected chi connectivity index (χ3v) is 2.56. The van der Waals surface area contributed by atoms with Gasteiger partial charge in [-0.2, -0.15) is 0 Å². The lowest BCUT2D eigenvalue weighted by atomic mass is 10.1. The molecule has 0 aliphatic heterocycles. The summed E-state index contributed by atoms with van der Waals surface area (Å²) in [6.07, 6.45) is 2.16. The van der Waals surface area contributed by atoms with E-state index in [-0.39, 0.29) is 10.8 Å². The van der Waals surface area contributed by atoms with Gasteiger partial charge in [-0.05, 0) is 30.3 Å². The Balaban J connectivity index is 2.56. The van der Waals surface area contributed by atoms with Crippen molar-refractivity contribution in [1.29, 1.82) is 0 Å². The molecule has 0 aliphatic carbocycles. The Bertz CT molecular complexity index is 525. The Morgan fingerprint density at radius 1 is 1.19 bits per heavy atom. The molecule has 2 aromatic rings. The highest BCUT2D eigenvalue weighted by Gasteiger charge is 2.08. The maximum Gasteiger partial charge on any atom is 0.151 e. The molecule has 0 unspecified atom stereocenters. The standard InChI is InChI=1S/C12H7ClFNO/c13-11-9(7-16)5-6-15-12(11)8-1-3-10(14)4-2-8/h1-7H. The van der Waals surface area contributed by atoms with Crippen LogP contribution in [0.2, 0.25) is 5.02 Å². The smallest absolute Gasteiger partial charge is 0.151 e. The van der Waals surface area contributed by atoms with Crippen molar-refractivity contribution in [2.24, 2.45) is 0 Å². The number of rotatable bonds is 2. The molecule has 0 atom stereocenters. The lowest BCUT2D eigenvalue weighted by Crippen LogP contribution is -1.90. The minimum absolute atomic E-state index is 0.282. The van der Waals surface area contributed by atoms with Crippen molar-refractivity contribution in [2.75, 3.05) is 0 Å². The summed E-state index contributed by atoms with van der Waals surface area (Å²) in [5.74, 6) is -0.327. The Labute approximate surface area is 96.7 Å². The zero-order valence-electron chi connectivity index (χ0n) is 8.15. The summed E-state index contributed by atoms with van der Waals surface area (Å²) in [6, 6.07) is 7.31. The maximum absolute atomic E-state index is 12.7. The van der Waals surface area contributed by atoms with Crippen molar-refractivity contribution in [2.45, 2.75) is 0 Å². The van der Waals surface area contributed by atoms with Crippen LogP contribution in [-0.2, 0) is 0 Å². The second-order valence-electron chi connectivity index (χ2n) is 3.19. The van der Waals surface area contributed by atoms with Crippen molar-refractivity contribution >= 4 is 17.9 Å². The Kier molecular flexibility index (Phi) is 2.97. The molecule has 2 nitrogen and oxygen atoms in total. The summed E-state index contributed by atoms with van der Waals surface area (Å²) < 4.78 is 12.7. The van der Waals surface area contributed by atoms with E-state index in [1.807, 2.05) is 0 Å². The number of nitrogens with zero attached hydrogens (tertiary/aromatic N) is 1. The molecule has 0 aliphatic rings. The molecule has 1 heterocycles. The van der Waals surface area contributed by atoms with Crippen LogP contribution in [0.1, 0.15) is 10.4 Å². The molecule has 4 heteroatoms. The predicted octanol–water partition coefficient (Wildman–Crippen LogP) is 3.35. The van der Waals surface area contributed by atoms with Gasteiger partial charge in [-0.3, -0.25) is 9.78 Å². The second-order valence-corrected chi connectivity index (χ2v) is 3.57. The fraction of sp³-hybridized carbons (Fsp3) is 0. The normalized spacial score (nSPS) is 10.1. The molecule has 0 saturated heterocycles. The van der Waals surface area contributed by atoms with Crippen LogP contribution >= 0.6 is 11.6 Å². The summed E-state index contributed by atoms with van der Waals surface area (Å²) in [6.45, 7) is 0.